The van der Waals surface area contributed by atoms with E-state index in [2.05, 4.69) is 0 Å². The fourth-order valence-corrected chi connectivity index (χ4v) is 2.33. The van der Waals surface area contributed by atoms with E-state index >= 15 is 0 Å². The summed E-state index contributed by atoms with van der Waals surface area (Å²) in [5.41, 5.74) is -0.126. The summed E-state index contributed by atoms with van der Waals surface area (Å²) in [7, 11) is 1.30. The Morgan fingerprint density at radius 3 is 2.67 bits per heavy atom. The summed E-state index contributed by atoms with van der Waals surface area (Å²) in [6.45, 7) is 0. The summed E-state index contributed by atoms with van der Waals surface area (Å²) in [6.07, 6.45) is 1.19. The third-order valence-corrected chi connectivity index (χ3v) is 3.46. The number of allylic oxidation sites excluding steroid dienone is 1. The molecule has 1 aliphatic rings. The summed E-state index contributed by atoms with van der Waals surface area (Å²) in [6, 6.07) is 6.19. The first-order chi connectivity index (χ1) is 11.4. The molecule has 122 valence electrons. The van der Waals surface area contributed by atoms with Crippen molar-refractivity contribution in [3.05, 3.63) is 57.3 Å². The number of ketones is 1. The number of hydrogen-bond donors (Lipinski definition) is 2. The quantitative estimate of drug-likeness (QED) is 0.504. The highest BCUT2D eigenvalue weighted by atomic mass is 16.6. The lowest BCUT2D eigenvalue weighted by atomic mass is 10.1. The number of carbonyl (C=O) groups is 1. The summed E-state index contributed by atoms with van der Waals surface area (Å²) < 4.78 is 10.3. The number of hydrogen-bond acceptors (Lipinski definition) is 7. The summed E-state index contributed by atoms with van der Waals surface area (Å²) >= 11 is 0. The third kappa shape index (κ3) is 2.50. The minimum Gasteiger partial charge on any atom is -0.508 e. The smallest absolute Gasteiger partial charge is 0.280 e. The molecule has 2 N–H and O–H groups in total. The molecule has 0 aliphatic carbocycles. The predicted molar refractivity (Wildman–Crippen MR) is 82.4 cm³/mol. The van der Waals surface area contributed by atoms with E-state index in [9.17, 15) is 25.1 Å². The van der Waals surface area contributed by atoms with Crippen LogP contribution in [-0.2, 0) is 0 Å². The number of nitrogens with zero attached hydrogens (tertiary/aromatic N) is 1. The maximum atomic E-state index is 12.3. The van der Waals surface area contributed by atoms with Gasteiger partial charge in [0, 0.05) is 6.07 Å². The molecule has 2 aromatic carbocycles. The molecule has 0 unspecified atom stereocenters. The van der Waals surface area contributed by atoms with Crippen LogP contribution in [0.15, 0.2) is 36.1 Å². The first kappa shape index (κ1) is 15.3. The summed E-state index contributed by atoms with van der Waals surface area (Å²) in [4.78, 5) is 22.8. The zero-order valence-corrected chi connectivity index (χ0v) is 12.3. The molecule has 0 aromatic heterocycles. The van der Waals surface area contributed by atoms with Crippen LogP contribution in [0.1, 0.15) is 15.9 Å². The van der Waals surface area contributed by atoms with Gasteiger partial charge < -0.3 is 19.7 Å². The van der Waals surface area contributed by atoms with Gasteiger partial charge in [-0.15, -0.1) is 0 Å². The van der Waals surface area contributed by atoms with E-state index in [1.54, 1.807) is 0 Å². The van der Waals surface area contributed by atoms with Crippen LogP contribution in [-0.4, -0.2) is 28.0 Å². The second-order valence-corrected chi connectivity index (χ2v) is 4.96. The number of nitro groups is 1. The van der Waals surface area contributed by atoms with Gasteiger partial charge in [0.15, 0.2) is 17.3 Å². The molecular weight excluding hydrogens is 318 g/mol. The van der Waals surface area contributed by atoms with Crippen molar-refractivity contribution >= 4 is 17.5 Å². The standard InChI is InChI=1S/C16H11NO7/c1-23-14-4-8(11(17(21)22)7-12(14)19)5-15-16(20)10-3-2-9(18)6-13(10)24-15/h2-7,18-19H,1H3/b15-5-. The molecule has 8 nitrogen and oxygen atoms in total. The molecule has 0 saturated carbocycles. The number of nitro benzene ring substituents is 1. The SMILES string of the molecule is COc1cc(/C=C2\Oc3cc(O)ccc3C2=O)c([N+](=O)[O-])cc1O. The number of methoxy groups -OCH3 is 1. The molecule has 3 rings (SSSR count). The zero-order valence-electron chi connectivity index (χ0n) is 12.3. The average Bonchev–Trinajstić information content (AvgIpc) is 2.83. The van der Waals surface area contributed by atoms with Gasteiger partial charge in [0.05, 0.1) is 29.2 Å². The Morgan fingerprint density at radius 1 is 1.25 bits per heavy atom. The van der Waals surface area contributed by atoms with Gasteiger partial charge in [0.25, 0.3) is 5.69 Å². The van der Waals surface area contributed by atoms with E-state index in [1.165, 1.54) is 37.5 Å². The molecule has 0 atom stereocenters. The topological polar surface area (TPSA) is 119 Å². The number of benzene rings is 2. The van der Waals surface area contributed by atoms with Crippen LogP contribution >= 0.6 is 0 Å². The van der Waals surface area contributed by atoms with Gasteiger partial charge in [-0.3, -0.25) is 14.9 Å². The van der Waals surface area contributed by atoms with Gasteiger partial charge in [-0.25, -0.2) is 0 Å². The van der Waals surface area contributed by atoms with Crippen LogP contribution < -0.4 is 9.47 Å². The maximum absolute atomic E-state index is 12.3. The van der Waals surface area contributed by atoms with Gasteiger partial charge in [0.2, 0.25) is 5.78 Å². The van der Waals surface area contributed by atoms with Crippen molar-refractivity contribution in [3.63, 3.8) is 0 Å². The van der Waals surface area contributed by atoms with E-state index in [1.807, 2.05) is 0 Å². The number of fused-ring (bicyclic) bond motifs is 1. The van der Waals surface area contributed by atoms with Crippen molar-refractivity contribution in [2.24, 2.45) is 0 Å². The fourth-order valence-electron chi connectivity index (χ4n) is 2.33. The van der Waals surface area contributed by atoms with Gasteiger partial charge >= 0.3 is 0 Å². The van der Waals surface area contributed by atoms with Gasteiger partial charge in [-0.1, -0.05) is 0 Å². The Hall–Kier alpha value is -3.55. The van der Waals surface area contributed by atoms with Crippen molar-refractivity contribution in [3.8, 4) is 23.0 Å². The van der Waals surface area contributed by atoms with Crippen LogP contribution in [0.3, 0.4) is 0 Å². The average molecular weight is 329 g/mol. The number of rotatable bonds is 3. The Bertz CT molecular complexity index is 902. The van der Waals surface area contributed by atoms with Crippen molar-refractivity contribution in [2.45, 2.75) is 0 Å². The summed E-state index contributed by atoms with van der Waals surface area (Å²) in [5.74, 6) is -0.871. The first-order valence-electron chi connectivity index (χ1n) is 6.73. The lowest BCUT2D eigenvalue weighted by Gasteiger charge is -2.06. The largest absolute Gasteiger partial charge is 0.508 e. The number of phenols is 2. The van der Waals surface area contributed by atoms with E-state index in [0.717, 1.165) is 6.07 Å². The molecule has 0 amide bonds. The monoisotopic (exact) mass is 329 g/mol. The molecule has 0 bridgehead atoms. The predicted octanol–water partition coefficient (Wildman–Crippen LogP) is 2.63. The molecule has 0 saturated heterocycles. The zero-order chi connectivity index (χ0) is 17.4. The number of Topliss-reactive ketones (excluding diaryl/α,β-unsaturated/α-hetero) is 1. The molecular formula is C16H11NO7. The molecule has 1 aliphatic heterocycles. The fraction of sp³-hybridized carbons (Fsp3) is 0.0625. The molecule has 0 radical (unpaired) electrons. The third-order valence-electron chi connectivity index (χ3n) is 3.46. The van der Waals surface area contributed by atoms with Crippen molar-refractivity contribution < 1.29 is 29.4 Å². The highest BCUT2D eigenvalue weighted by molar-refractivity contribution is 6.14. The van der Waals surface area contributed by atoms with Crippen LogP contribution in [0.25, 0.3) is 6.08 Å². The molecule has 2 aromatic rings. The van der Waals surface area contributed by atoms with Gasteiger partial charge in [-0.2, -0.15) is 0 Å². The Labute approximate surface area is 135 Å². The lowest BCUT2D eigenvalue weighted by Crippen LogP contribution is -2.00. The number of carbonyl (C=O) groups excluding carboxylic acids is 1. The highest BCUT2D eigenvalue weighted by Crippen LogP contribution is 2.38. The van der Waals surface area contributed by atoms with E-state index in [4.69, 9.17) is 9.47 Å². The number of ether oxygens (including phenoxy) is 2. The lowest BCUT2D eigenvalue weighted by molar-refractivity contribution is -0.385. The maximum Gasteiger partial charge on any atom is 0.280 e. The van der Waals surface area contributed by atoms with Gasteiger partial charge in [-0.05, 0) is 24.3 Å². The Balaban J connectivity index is 2.09. The van der Waals surface area contributed by atoms with Crippen molar-refractivity contribution in [2.75, 3.05) is 7.11 Å². The molecule has 0 spiro atoms. The molecule has 24 heavy (non-hydrogen) atoms. The highest BCUT2D eigenvalue weighted by Gasteiger charge is 2.29. The minimum atomic E-state index is -0.691. The van der Waals surface area contributed by atoms with E-state index < -0.39 is 22.1 Å². The summed E-state index contributed by atoms with van der Waals surface area (Å²) in [5, 5.41) is 30.3. The molecule has 1 heterocycles. The van der Waals surface area contributed by atoms with Crippen LogP contribution in [0.2, 0.25) is 0 Å². The normalized spacial score (nSPS) is 14.4. The Kier molecular flexibility index (Phi) is 3.57. The van der Waals surface area contributed by atoms with E-state index in [-0.39, 0.29) is 34.1 Å². The Morgan fingerprint density at radius 2 is 2.00 bits per heavy atom. The van der Waals surface area contributed by atoms with Crippen molar-refractivity contribution in [1.29, 1.82) is 0 Å². The van der Waals surface area contributed by atoms with Crippen LogP contribution in [0.4, 0.5) is 5.69 Å². The van der Waals surface area contributed by atoms with Crippen LogP contribution in [0.5, 0.6) is 23.0 Å². The second kappa shape index (κ2) is 5.58. The second-order valence-electron chi connectivity index (χ2n) is 4.96. The minimum absolute atomic E-state index is 0.0213. The number of aromatic hydroxyl groups is 2. The van der Waals surface area contributed by atoms with E-state index in [0.29, 0.717) is 0 Å². The van der Waals surface area contributed by atoms with Crippen molar-refractivity contribution in [1.82, 2.24) is 0 Å². The molecule has 0 fully saturated rings. The van der Waals surface area contributed by atoms with Crippen LogP contribution in [0, 0.1) is 10.1 Å². The first-order valence-corrected chi connectivity index (χ1v) is 6.73. The number of phenolic OH excluding ortho intramolecular Hbond substituents is 2. The molecule has 8 heteroatoms. The van der Waals surface area contributed by atoms with Gasteiger partial charge in [0.1, 0.15) is 11.5 Å².